The summed E-state index contributed by atoms with van der Waals surface area (Å²) < 4.78 is 13.7. The Morgan fingerprint density at radius 3 is 2.24 bits per heavy atom. The van der Waals surface area contributed by atoms with E-state index in [0.717, 1.165) is 22.3 Å². The largest absolute Gasteiger partial charge is 0.345 e. The van der Waals surface area contributed by atoms with Crippen LogP contribution in [0.25, 0.3) is 0 Å². The molecule has 0 aliphatic heterocycles. The van der Waals surface area contributed by atoms with Gasteiger partial charge in [0.05, 0.1) is 11.6 Å². The van der Waals surface area contributed by atoms with Gasteiger partial charge in [-0.15, -0.1) is 0 Å². The molecule has 1 N–H and O–H groups in total. The smallest absolute Gasteiger partial charge is 0.254 e. The molecule has 0 radical (unpaired) electrons. The van der Waals surface area contributed by atoms with Gasteiger partial charge in [-0.1, -0.05) is 41.0 Å². The number of carbonyl (C=O) groups excluding carboxylic acids is 1. The SMILES string of the molecule is Cc1cc(C)cc(C(C)NC(=O)c2cc(C)ccc2F)c1. The Labute approximate surface area is 125 Å². The summed E-state index contributed by atoms with van der Waals surface area (Å²) in [5.41, 5.74) is 4.27. The highest BCUT2D eigenvalue weighted by molar-refractivity contribution is 5.94. The fourth-order valence-corrected chi connectivity index (χ4v) is 2.43. The zero-order chi connectivity index (χ0) is 15.6. The van der Waals surface area contributed by atoms with Crippen LogP contribution in [0, 0.1) is 26.6 Å². The van der Waals surface area contributed by atoms with Crippen LogP contribution in [0.5, 0.6) is 0 Å². The van der Waals surface area contributed by atoms with E-state index in [0.29, 0.717) is 0 Å². The maximum atomic E-state index is 13.7. The van der Waals surface area contributed by atoms with Crippen molar-refractivity contribution in [1.82, 2.24) is 5.32 Å². The molecule has 1 amide bonds. The molecule has 2 nitrogen and oxygen atoms in total. The summed E-state index contributed by atoms with van der Waals surface area (Å²) in [6.45, 7) is 7.78. The van der Waals surface area contributed by atoms with Gasteiger partial charge in [-0.05, 0) is 45.4 Å². The zero-order valence-corrected chi connectivity index (χ0v) is 12.8. The summed E-state index contributed by atoms with van der Waals surface area (Å²) in [5.74, 6) is -0.881. The molecular formula is C18H20FNO. The lowest BCUT2D eigenvalue weighted by Crippen LogP contribution is -2.27. The third kappa shape index (κ3) is 3.69. The van der Waals surface area contributed by atoms with Crippen LogP contribution in [-0.4, -0.2) is 5.91 Å². The van der Waals surface area contributed by atoms with Gasteiger partial charge in [-0.2, -0.15) is 0 Å². The third-order valence-electron chi connectivity index (χ3n) is 3.46. The summed E-state index contributed by atoms with van der Waals surface area (Å²) in [6.07, 6.45) is 0. The first-order valence-corrected chi connectivity index (χ1v) is 7.02. The monoisotopic (exact) mass is 285 g/mol. The fourth-order valence-electron chi connectivity index (χ4n) is 2.43. The van der Waals surface area contributed by atoms with Crippen molar-refractivity contribution in [3.05, 3.63) is 70.0 Å². The number of halogens is 1. The lowest BCUT2D eigenvalue weighted by atomic mass is 10.0. The molecule has 1 unspecified atom stereocenters. The average molecular weight is 285 g/mol. The Morgan fingerprint density at radius 2 is 1.62 bits per heavy atom. The van der Waals surface area contributed by atoms with Crippen LogP contribution in [0.3, 0.4) is 0 Å². The molecule has 0 heterocycles. The lowest BCUT2D eigenvalue weighted by Gasteiger charge is -2.16. The zero-order valence-electron chi connectivity index (χ0n) is 12.8. The van der Waals surface area contributed by atoms with E-state index in [1.807, 2.05) is 39.8 Å². The van der Waals surface area contributed by atoms with Crippen LogP contribution < -0.4 is 5.32 Å². The topological polar surface area (TPSA) is 29.1 Å². The van der Waals surface area contributed by atoms with Gasteiger partial charge in [0.1, 0.15) is 5.82 Å². The maximum Gasteiger partial charge on any atom is 0.254 e. The van der Waals surface area contributed by atoms with Crippen LogP contribution in [0.2, 0.25) is 0 Å². The predicted octanol–water partition coefficient (Wildman–Crippen LogP) is 4.24. The van der Waals surface area contributed by atoms with Gasteiger partial charge in [0.25, 0.3) is 5.91 Å². The van der Waals surface area contributed by atoms with Crippen molar-refractivity contribution >= 4 is 5.91 Å². The molecule has 1 atom stereocenters. The van der Waals surface area contributed by atoms with Crippen molar-refractivity contribution in [1.29, 1.82) is 0 Å². The van der Waals surface area contributed by atoms with Crippen molar-refractivity contribution in [3.8, 4) is 0 Å². The summed E-state index contributed by atoms with van der Waals surface area (Å²) in [6, 6.07) is 10.5. The van der Waals surface area contributed by atoms with Gasteiger partial charge < -0.3 is 5.32 Å². The van der Waals surface area contributed by atoms with Crippen molar-refractivity contribution < 1.29 is 9.18 Å². The van der Waals surface area contributed by atoms with E-state index in [4.69, 9.17) is 0 Å². The minimum Gasteiger partial charge on any atom is -0.345 e. The highest BCUT2D eigenvalue weighted by atomic mass is 19.1. The molecule has 2 aromatic carbocycles. The van der Waals surface area contributed by atoms with Crippen LogP contribution in [0.1, 0.15) is 45.6 Å². The van der Waals surface area contributed by atoms with E-state index < -0.39 is 5.82 Å². The quantitative estimate of drug-likeness (QED) is 0.897. The highest BCUT2D eigenvalue weighted by Crippen LogP contribution is 2.18. The van der Waals surface area contributed by atoms with Crippen molar-refractivity contribution in [2.75, 3.05) is 0 Å². The van der Waals surface area contributed by atoms with Crippen molar-refractivity contribution in [2.24, 2.45) is 0 Å². The molecule has 0 spiro atoms. The Bertz CT molecular complexity index is 659. The average Bonchev–Trinajstić information content (AvgIpc) is 2.40. The molecule has 2 rings (SSSR count). The summed E-state index contributed by atoms with van der Waals surface area (Å²) >= 11 is 0. The van der Waals surface area contributed by atoms with E-state index >= 15 is 0 Å². The molecule has 0 bridgehead atoms. The summed E-state index contributed by atoms with van der Waals surface area (Å²) in [7, 11) is 0. The number of hydrogen-bond acceptors (Lipinski definition) is 1. The number of rotatable bonds is 3. The van der Waals surface area contributed by atoms with Crippen LogP contribution in [0.15, 0.2) is 36.4 Å². The van der Waals surface area contributed by atoms with E-state index in [1.165, 1.54) is 6.07 Å². The van der Waals surface area contributed by atoms with Gasteiger partial charge in [0, 0.05) is 0 Å². The Kier molecular flexibility index (Phi) is 4.41. The maximum absolute atomic E-state index is 13.7. The molecule has 0 aromatic heterocycles. The molecule has 2 aromatic rings. The minimum atomic E-state index is -0.495. The normalized spacial score (nSPS) is 12.0. The number of hydrogen-bond donors (Lipinski definition) is 1. The standard InChI is InChI=1S/C18H20FNO/c1-11-5-6-17(19)16(10-11)18(21)20-14(4)15-8-12(2)7-13(3)9-15/h5-10,14H,1-4H3,(H,20,21). The number of nitrogens with one attached hydrogen (secondary N) is 1. The first-order valence-electron chi connectivity index (χ1n) is 7.02. The van der Waals surface area contributed by atoms with E-state index in [9.17, 15) is 9.18 Å². The van der Waals surface area contributed by atoms with Gasteiger partial charge in [0.2, 0.25) is 0 Å². The first-order chi connectivity index (χ1) is 9.86. The summed E-state index contributed by atoms with van der Waals surface area (Å²) in [4.78, 5) is 12.2. The molecule has 0 saturated heterocycles. The Morgan fingerprint density at radius 1 is 1.00 bits per heavy atom. The van der Waals surface area contributed by atoms with Gasteiger partial charge in [-0.3, -0.25) is 4.79 Å². The number of amides is 1. The number of aryl methyl sites for hydroxylation is 3. The van der Waals surface area contributed by atoms with Gasteiger partial charge in [0.15, 0.2) is 0 Å². The van der Waals surface area contributed by atoms with Crippen molar-refractivity contribution in [3.63, 3.8) is 0 Å². The van der Waals surface area contributed by atoms with Gasteiger partial charge >= 0.3 is 0 Å². The molecule has 0 aliphatic carbocycles. The second-order valence-corrected chi connectivity index (χ2v) is 5.60. The molecule has 21 heavy (non-hydrogen) atoms. The van der Waals surface area contributed by atoms with E-state index in [2.05, 4.69) is 11.4 Å². The van der Waals surface area contributed by atoms with Crippen LogP contribution in [-0.2, 0) is 0 Å². The molecule has 110 valence electrons. The third-order valence-corrected chi connectivity index (χ3v) is 3.46. The molecular weight excluding hydrogens is 265 g/mol. The van der Waals surface area contributed by atoms with E-state index in [-0.39, 0.29) is 17.5 Å². The second kappa shape index (κ2) is 6.08. The first kappa shape index (κ1) is 15.2. The number of carbonyl (C=O) groups is 1. The Hall–Kier alpha value is -2.16. The molecule has 0 saturated carbocycles. The minimum absolute atomic E-state index is 0.0891. The van der Waals surface area contributed by atoms with E-state index in [1.54, 1.807) is 12.1 Å². The van der Waals surface area contributed by atoms with Gasteiger partial charge in [-0.25, -0.2) is 4.39 Å². The predicted molar refractivity (Wildman–Crippen MR) is 82.9 cm³/mol. The highest BCUT2D eigenvalue weighted by Gasteiger charge is 2.15. The van der Waals surface area contributed by atoms with Crippen molar-refractivity contribution in [2.45, 2.75) is 33.7 Å². The van der Waals surface area contributed by atoms with Crippen LogP contribution >= 0.6 is 0 Å². The Balaban J connectivity index is 2.20. The number of benzene rings is 2. The molecule has 0 fully saturated rings. The lowest BCUT2D eigenvalue weighted by molar-refractivity contribution is 0.0935. The molecule has 3 heteroatoms. The fraction of sp³-hybridized carbons (Fsp3) is 0.278. The second-order valence-electron chi connectivity index (χ2n) is 5.60. The summed E-state index contributed by atoms with van der Waals surface area (Å²) in [5, 5.41) is 2.86. The van der Waals surface area contributed by atoms with Crippen LogP contribution in [0.4, 0.5) is 4.39 Å². The molecule has 0 aliphatic rings.